The van der Waals surface area contributed by atoms with Crippen LogP contribution < -0.4 is 16.4 Å². The predicted molar refractivity (Wildman–Crippen MR) is 265 cm³/mol. The first-order chi connectivity index (χ1) is 29.5. The Bertz CT molecular complexity index is 1500. The van der Waals surface area contributed by atoms with Gasteiger partial charge in [0.15, 0.2) is 0 Å². The zero-order valence-corrected chi connectivity index (χ0v) is 40.7. The Kier molecular flexibility index (Phi) is 30.4. The van der Waals surface area contributed by atoms with Gasteiger partial charge in [0.1, 0.15) is 5.52 Å². The molecule has 0 aliphatic rings. The van der Waals surface area contributed by atoms with Gasteiger partial charge in [-0.15, -0.1) is 5.10 Å². The van der Waals surface area contributed by atoms with Gasteiger partial charge < -0.3 is 25.4 Å². The van der Waals surface area contributed by atoms with Crippen molar-refractivity contribution in [1.82, 2.24) is 30.1 Å². The fourth-order valence-corrected chi connectivity index (χ4v) is 11.4. The van der Waals surface area contributed by atoms with Crippen LogP contribution in [-0.4, -0.2) is 83.3 Å². The van der Waals surface area contributed by atoms with Gasteiger partial charge in [-0.2, -0.15) is 0 Å². The standard InChI is InChI=1S/C47H85N8O2PS2/c1-4-7-10-11-12-13-14-15-16-17-18-19-20-21-22-27-36-53(43-60-58(59,56-39-8-5-2)57-40-9-6-3)37-28-34-49-35-29-38-54(41-50-45-31-24-23-30-44(45)48)42-55-47-33-26-25-32-46(47)51-52-55/h23-26,30-33,49-50H,4-22,27-29,34-43,48H2,1-3H3. The molecule has 13 heteroatoms. The molecule has 0 bridgehead atoms. The van der Waals surface area contributed by atoms with E-state index >= 15 is 0 Å². The molecule has 0 amide bonds. The number of benzene rings is 2. The summed E-state index contributed by atoms with van der Waals surface area (Å²) in [6.45, 7) is 14.4. The van der Waals surface area contributed by atoms with Gasteiger partial charge in [0.25, 0.3) is 0 Å². The minimum atomic E-state index is -2.37. The summed E-state index contributed by atoms with van der Waals surface area (Å²) in [5.74, 6) is 0.874. The first-order valence-electron chi connectivity index (χ1n) is 24.0. The summed E-state index contributed by atoms with van der Waals surface area (Å²) in [6, 6.07) is 16.1. The van der Waals surface area contributed by atoms with Crippen LogP contribution in [0.1, 0.15) is 162 Å². The number of nitrogens with one attached hydrogen (secondary N) is 2. The second-order valence-corrected chi connectivity index (χ2v) is 22.8. The number of hydrogen-bond donors (Lipinski definition) is 3. The van der Waals surface area contributed by atoms with Gasteiger partial charge in [-0.1, -0.05) is 171 Å². The van der Waals surface area contributed by atoms with E-state index in [0.29, 0.717) is 26.6 Å². The van der Waals surface area contributed by atoms with Gasteiger partial charge in [-0.25, -0.2) is 4.68 Å². The maximum absolute atomic E-state index is 6.30. The molecule has 0 saturated carbocycles. The number of para-hydroxylation sites is 3. The Morgan fingerprint density at radius 1 is 0.650 bits per heavy atom. The molecule has 0 aliphatic carbocycles. The lowest BCUT2D eigenvalue weighted by atomic mass is 10.0. The second kappa shape index (κ2) is 34.7. The summed E-state index contributed by atoms with van der Waals surface area (Å²) < 4.78 is 14.6. The van der Waals surface area contributed by atoms with E-state index in [1.807, 2.05) is 47.1 Å². The fourth-order valence-electron chi connectivity index (χ4n) is 7.28. The van der Waals surface area contributed by atoms with Crippen LogP contribution in [0.4, 0.5) is 11.4 Å². The number of nitrogens with zero attached hydrogens (tertiary/aromatic N) is 5. The van der Waals surface area contributed by atoms with Crippen molar-refractivity contribution in [2.24, 2.45) is 0 Å². The molecule has 0 aliphatic heterocycles. The Morgan fingerprint density at radius 2 is 1.17 bits per heavy atom. The highest BCUT2D eigenvalue weighted by molar-refractivity contribution is 8.67. The second-order valence-electron chi connectivity index (χ2n) is 16.5. The Hall–Kier alpha value is -1.76. The summed E-state index contributed by atoms with van der Waals surface area (Å²) in [7, 11) is 0. The van der Waals surface area contributed by atoms with E-state index in [9.17, 15) is 0 Å². The van der Waals surface area contributed by atoms with Gasteiger partial charge in [-0.05, 0) is 87.8 Å². The summed E-state index contributed by atoms with van der Waals surface area (Å²) in [5, 5.41) is 16.1. The van der Waals surface area contributed by atoms with Crippen LogP contribution in [0.15, 0.2) is 48.5 Å². The van der Waals surface area contributed by atoms with Crippen molar-refractivity contribution < 1.29 is 9.05 Å². The number of rotatable bonds is 41. The highest BCUT2D eigenvalue weighted by atomic mass is 32.9. The van der Waals surface area contributed by atoms with Gasteiger partial charge in [0.2, 0.25) is 5.69 Å². The molecule has 10 nitrogen and oxygen atoms in total. The van der Waals surface area contributed by atoms with Crippen molar-refractivity contribution >= 4 is 51.3 Å². The summed E-state index contributed by atoms with van der Waals surface area (Å²) in [6.07, 6.45) is 28.7. The predicted octanol–water partition coefficient (Wildman–Crippen LogP) is 12.8. The van der Waals surface area contributed by atoms with E-state index < -0.39 is 5.69 Å². The molecule has 3 aromatic rings. The zero-order chi connectivity index (χ0) is 42.8. The number of fused-ring (bicyclic) bond motifs is 1. The van der Waals surface area contributed by atoms with Gasteiger partial charge in [0, 0.05) is 13.1 Å². The Morgan fingerprint density at radius 3 is 1.77 bits per heavy atom. The quantitative estimate of drug-likeness (QED) is 0.0219. The van der Waals surface area contributed by atoms with Crippen molar-refractivity contribution in [1.29, 1.82) is 0 Å². The molecule has 0 spiro atoms. The van der Waals surface area contributed by atoms with E-state index in [4.69, 9.17) is 26.6 Å². The zero-order valence-electron chi connectivity index (χ0n) is 38.1. The van der Waals surface area contributed by atoms with Crippen LogP contribution in [-0.2, 0) is 27.5 Å². The van der Waals surface area contributed by atoms with Crippen molar-refractivity contribution in [3.8, 4) is 0 Å². The van der Waals surface area contributed by atoms with Gasteiger partial charge in [0.05, 0.1) is 49.3 Å². The van der Waals surface area contributed by atoms with Crippen LogP contribution in [0.25, 0.3) is 11.0 Å². The van der Waals surface area contributed by atoms with E-state index in [0.717, 1.165) is 99.5 Å². The monoisotopic (exact) mass is 889 g/mol. The molecule has 342 valence electrons. The first-order valence-corrected chi connectivity index (χ1v) is 28.3. The van der Waals surface area contributed by atoms with E-state index in [-0.39, 0.29) is 0 Å². The normalized spacial score (nSPS) is 12.1. The highest BCUT2D eigenvalue weighted by Crippen LogP contribution is 2.61. The fraction of sp³-hybridized carbons (Fsp3) is 0.745. The maximum Gasteiger partial charge on any atom is 0.248 e. The van der Waals surface area contributed by atoms with Crippen molar-refractivity contribution in [2.45, 2.75) is 169 Å². The van der Waals surface area contributed by atoms with E-state index in [1.165, 1.54) is 103 Å². The molecule has 0 radical (unpaired) electrons. The molecule has 0 atom stereocenters. The lowest BCUT2D eigenvalue weighted by Gasteiger charge is -2.27. The average Bonchev–Trinajstić information content (AvgIpc) is 3.66. The Labute approximate surface area is 375 Å². The number of unbranched alkanes of at least 4 members (excludes halogenated alkanes) is 17. The molecular weight excluding hydrogens is 804 g/mol. The molecule has 4 N–H and O–H groups in total. The SMILES string of the molecule is CCCCCCCCCCCCCCCCCCN(CCCNCCCN(CNc1ccccc1N)Cn1nnc2ccccc21)CSP(=S)(OCCCC)OCCCC. The topological polar surface area (TPSA) is 106 Å². The summed E-state index contributed by atoms with van der Waals surface area (Å²) in [5.41, 5.74) is 7.52. The minimum absolute atomic E-state index is 0.642. The van der Waals surface area contributed by atoms with Gasteiger partial charge >= 0.3 is 0 Å². The van der Waals surface area contributed by atoms with Crippen LogP contribution in [0, 0.1) is 0 Å². The number of nitrogens with two attached hydrogens (primary N) is 1. The smallest absolute Gasteiger partial charge is 0.248 e. The minimum Gasteiger partial charge on any atom is -0.397 e. The third kappa shape index (κ3) is 24.2. The molecule has 60 heavy (non-hydrogen) atoms. The molecule has 0 unspecified atom stereocenters. The lowest BCUT2D eigenvalue weighted by Crippen LogP contribution is -2.34. The van der Waals surface area contributed by atoms with E-state index in [2.05, 4.69) is 57.6 Å². The van der Waals surface area contributed by atoms with Gasteiger partial charge in [-0.3, -0.25) is 9.80 Å². The molecule has 1 aromatic heterocycles. The average molecular weight is 889 g/mol. The molecular formula is C47H85N8O2PS2. The molecule has 1 heterocycles. The van der Waals surface area contributed by atoms with Crippen LogP contribution in [0.5, 0.6) is 0 Å². The van der Waals surface area contributed by atoms with Crippen molar-refractivity contribution in [3.05, 3.63) is 48.5 Å². The molecule has 0 fully saturated rings. The van der Waals surface area contributed by atoms with E-state index in [1.54, 1.807) is 11.4 Å². The molecule has 3 rings (SSSR count). The van der Waals surface area contributed by atoms with Crippen LogP contribution in [0.2, 0.25) is 0 Å². The third-order valence-electron chi connectivity index (χ3n) is 11.1. The summed E-state index contributed by atoms with van der Waals surface area (Å²) in [4.78, 5) is 4.97. The molecule has 2 aromatic carbocycles. The van der Waals surface area contributed by atoms with Crippen LogP contribution in [0.3, 0.4) is 0 Å². The number of anilines is 2. The van der Waals surface area contributed by atoms with Crippen molar-refractivity contribution in [3.63, 3.8) is 0 Å². The maximum atomic E-state index is 6.30. The highest BCUT2D eigenvalue weighted by Gasteiger charge is 2.22. The number of nitrogen functional groups attached to an aromatic ring is 1. The third-order valence-corrected chi connectivity index (χ3v) is 16.4. The van der Waals surface area contributed by atoms with Crippen LogP contribution >= 0.6 is 17.1 Å². The van der Waals surface area contributed by atoms with Crippen molar-refractivity contribution in [2.75, 3.05) is 69.5 Å². The largest absolute Gasteiger partial charge is 0.397 e. The lowest BCUT2D eigenvalue weighted by molar-refractivity contribution is 0.219. The Balaban J connectivity index is 1.40. The first kappa shape index (κ1) is 52.6. The number of hydrogen-bond acceptors (Lipinski definition) is 11. The molecule has 0 saturated heterocycles. The number of aromatic nitrogens is 3. The summed E-state index contributed by atoms with van der Waals surface area (Å²) >= 11 is 7.84.